The minimum absolute atomic E-state index is 0. The van der Waals surface area contributed by atoms with Gasteiger partial charge in [0.05, 0.1) is 13.1 Å². The Morgan fingerprint density at radius 3 is 2.25 bits per heavy atom. The van der Waals surface area contributed by atoms with Crippen molar-refractivity contribution in [3.05, 3.63) is 0 Å². The summed E-state index contributed by atoms with van der Waals surface area (Å²) in [6.07, 6.45) is 8.30. The van der Waals surface area contributed by atoms with Crippen molar-refractivity contribution < 1.29 is 27.2 Å². The van der Waals surface area contributed by atoms with E-state index in [1.54, 1.807) is 4.90 Å². The summed E-state index contributed by atoms with van der Waals surface area (Å²) in [6.45, 7) is 2.41. The second-order valence-electron chi connectivity index (χ2n) is 5.05. The highest BCUT2D eigenvalue weighted by molar-refractivity contribution is 5.70. The average Bonchev–Trinajstić information content (AvgIpc) is 2.30. The van der Waals surface area contributed by atoms with Crippen molar-refractivity contribution in [1.29, 1.82) is 0 Å². The van der Waals surface area contributed by atoms with E-state index in [2.05, 4.69) is 0 Å². The lowest BCUT2D eigenvalue weighted by Crippen LogP contribution is -3.17. The van der Waals surface area contributed by atoms with Gasteiger partial charge in [0.1, 0.15) is 12.0 Å². The summed E-state index contributed by atoms with van der Waals surface area (Å²) in [6, 6.07) is 0.413. The van der Waals surface area contributed by atoms with Crippen LogP contribution in [0.2, 0.25) is 0 Å². The van der Waals surface area contributed by atoms with Crippen molar-refractivity contribution in [1.82, 2.24) is 0 Å². The topological polar surface area (TPSA) is 41.7 Å². The van der Waals surface area contributed by atoms with Crippen LogP contribution in [-0.2, 0) is 4.79 Å². The van der Waals surface area contributed by atoms with Crippen LogP contribution in [0.15, 0.2) is 0 Å². The van der Waals surface area contributed by atoms with Crippen LogP contribution in [0.3, 0.4) is 0 Å². The van der Waals surface area contributed by atoms with Gasteiger partial charge in [-0.05, 0) is 32.1 Å². The number of hydrogen-bond donors (Lipinski definition) is 2. The van der Waals surface area contributed by atoms with E-state index in [-0.39, 0.29) is 18.3 Å². The first-order valence-electron chi connectivity index (χ1n) is 6.36. The Labute approximate surface area is 104 Å². The van der Waals surface area contributed by atoms with Gasteiger partial charge < -0.3 is 22.4 Å². The number of quaternary nitrogens is 1. The number of aliphatic carboxylic acids is 1. The van der Waals surface area contributed by atoms with Gasteiger partial charge >= 0.3 is 5.97 Å². The van der Waals surface area contributed by atoms with Gasteiger partial charge in [-0.15, -0.1) is 0 Å². The van der Waals surface area contributed by atoms with Crippen LogP contribution < -0.4 is 17.3 Å². The first-order valence-corrected chi connectivity index (χ1v) is 6.36. The molecule has 0 radical (unpaired) electrons. The number of halogens is 1. The lowest BCUT2D eigenvalue weighted by atomic mass is 9.83. The molecule has 2 N–H and O–H groups in total. The molecule has 0 amide bonds. The van der Waals surface area contributed by atoms with Crippen molar-refractivity contribution in [3.8, 4) is 0 Å². The van der Waals surface area contributed by atoms with Crippen molar-refractivity contribution in [3.63, 3.8) is 0 Å². The summed E-state index contributed by atoms with van der Waals surface area (Å²) in [5.41, 5.74) is 0. The fraction of sp³-hybridized carbons (Fsp3) is 0.917. The molecule has 1 saturated heterocycles. The maximum Gasteiger partial charge on any atom is 0.312 e. The first-order chi connectivity index (χ1) is 7.29. The van der Waals surface area contributed by atoms with Crippen LogP contribution in [0.1, 0.15) is 44.9 Å². The molecule has 2 atom stereocenters. The van der Waals surface area contributed by atoms with Crippen LogP contribution in [0, 0.1) is 5.92 Å². The first kappa shape index (κ1) is 13.8. The highest BCUT2D eigenvalue weighted by Crippen LogP contribution is 2.23. The van der Waals surface area contributed by atoms with Gasteiger partial charge in [-0.1, -0.05) is 6.42 Å². The molecule has 16 heavy (non-hydrogen) atoms. The SMILES string of the molecule is O=C(O)C1CCCCC1[NH+]1CCCCC1.[Cl-]. The zero-order valence-electron chi connectivity index (χ0n) is 9.75. The van der Waals surface area contributed by atoms with E-state index in [4.69, 9.17) is 0 Å². The molecule has 2 aliphatic rings. The molecule has 2 rings (SSSR count). The van der Waals surface area contributed by atoms with Gasteiger partial charge in [-0.3, -0.25) is 4.79 Å². The van der Waals surface area contributed by atoms with E-state index in [9.17, 15) is 9.90 Å². The van der Waals surface area contributed by atoms with Gasteiger partial charge in [0.15, 0.2) is 0 Å². The Balaban J connectivity index is 0.00000128. The second kappa shape index (κ2) is 6.45. The maximum absolute atomic E-state index is 11.2. The monoisotopic (exact) mass is 247 g/mol. The Bertz CT molecular complexity index is 229. The number of piperidine rings is 1. The van der Waals surface area contributed by atoms with E-state index in [0.717, 1.165) is 19.3 Å². The zero-order chi connectivity index (χ0) is 10.7. The number of rotatable bonds is 2. The quantitative estimate of drug-likeness (QED) is 0.577. The fourth-order valence-corrected chi connectivity index (χ4v) is 3.29. The second-order valence-corrected chi connectivity index (χ2v) is 5.05. The minimum atomic E-state index is -0.558. The molecule has 2 fully saturated rings. The Kier molecular flexibility index (Phi) is 5.56. The summed E-state index contributed by atoms with van der Waals surface area (Å²) >= 11 is 0. The van der Waals surface area contributed by atoms with Crippen LogP contribution in [-0.4, -0.2) is 30.2 Å². The smallest absolute Gasteiger partial charge is 0.312 e. The Morgan fingerprint density at radius 2 is 1.62 bits per heavy atom. The molecule has 0 aromatic rings. The highest BCUT2D eigenvalue weighted by Gasteiger charge is 2.38. The van der Waals surface area contributed by atoms with Crippen molar-refractivity contribution in [2.75, 3.05) is 13.1 Å². The Morgan fingerprint density at radius 1 is 1.00 bits per heavy atom. The molecule has 2 unspecified atom stereocenters. The third-order valence-electron chi connectivity index (χ3n) is 4.10. The number of nitrogens with one attached hydrogen (secondary N) is 1. The number of carboxylic acids is 1. The molecule has 94 valence electrons. The summed E-state index contributed by atoms with van der Waals surface area (Å²) in [4.78, 5) is 12.8. The third kappa shape index (κ3) is 3.11. The summed E-state index contributed by atoms with van der Waals surface area (Å²) < 4.78 is 0. The van der Waals surface area contributed by atoms with Gasteiger partial charge in [0.2, 0.25) is 0 Å². The van der Waals surface area contributed by atoms with Gasteiger partial charge in [0, 0.05) is 6.42 Å². The van der Waals surface area contributed by atoms with Crippen LogP contribution in [0.25, 0.3) is 0 Å². The van der Waals surface area contributed by atoms with Gasteiger partial charge in [0.25, 0.3) is 0 Å². The molecular weight excluding hydrogens is 226 g/mol. The van der Waals surface area contributed by atoms with E-state index < -0.39 is 5.97 Å². The summed E-state index contributed by atoms with van der Waals surface area (Å²) in [7, 11) is 0. The number of carboxylic acid groups (broad SMARTS) is 1. The van der Waals surface area contributed by atoms with Crippen molar-refractivity contribution in [2.24, 2.45) is 5.92 Å². The number of hydrogen-bond acceptors (Lipinski definition) is 1. The van der Waals surface area contributed by atoms with Crippen molar-refractivity contribution >= 4 is 5.97 Å². The number of likely N-dealkylation sites (tertiary alicyclic amines) is 1. The van der Waals surface area contributed by atoms with Gasteiger partial charge in [-0.2, -0.15) is 0 Å². The lowest BCUT2D eigenvalue weighted by Gasteiger charge is -2.37. The molecular formula is C12H22ClNO2. The zero-order valence-corrected chi connectivity index (χ0v) is 10.5. The van der Waals surface area contributed by atoms with Crippen LogP contribution in [0.5, 0.6) is 0 Å². The predicted octanol–water partition coefficient (Wildman–Crippen LogP) is -2.30. The molecule has 0 aromatic carbocycles. The molecule has 0 aromatic heterocycles. The standard InChI is InChI=1S/C12H21NO2.ClH/c14-12(15)10-6-2-3-7-11(10)13-8-4-1-5-9-13;/h10-11H,1-9H2,(H,14,15);1H. The molecule has 0 bridgehead atoms. The largest absolute Gasteiger partial charge is 1.00 e. The van der Waals surface area contributed by atoms with E-state index in [0.29, 0.717) is 6.04 Å². The molecule has 0 spiro atoms. The molecule has 1 saturated carbocycles. The Hall–Kier alpha value is -0.280. The molecule has 1 aliphatic carbocycles. The fourth-order valence-electron chi connectivity index (χ4n) is 3.29. The average molecular weight is 248 g/mol. The molecule has 1 heterocycles. The summed E-state index contributed by atoms with van der Waals surface area (Å²) in [5, 5.41) is 9.23. The lowest BCUT2D eigenvalue weighted by molar-refractivity contribution is -0.934. The van der Waals surface area contributed by atoms with Crippen LogP contribution >= 0.6 is 0 Å². The molecule has 3 nitrogen and oxygen atoms in total. The number of carbonyl (C=O) groups is 1. The molecule has 1 aliphatic heterocycles. The maximum atomic E-state index is 11.2. The highest BCUT2D eigenvalue weighted by atomic mass is 35.5. The third-order valence-corrected chi connectivity index (χ3v) is 4.10. The molecule has 4 heteroatoms. The summed E-state index contributed by atoms with van der Waals surface area (Å²) in [5.74, 6) is -0.621. The van der Waals surface area contributed by atoms with Gasteiger partial charge in [-0.25, -0.2) is 0 Å². The van der Waals surface area contributed by atoms with E-state index in [1.807, 2.05) is 0 Å². The van der Waals surface area contributed by atoms with E-state index in [1.165, 1.54) is 38.8 Å². The van der Waals surface area contributed by atoms with E-state index >= 15 is 0 Å². The van der Waals surface area contributed by atoms with Crippen molar-refractivity contribution in [2.45, 2.75) is 51.0 Å². The minimum Gasteiger partial charge on any atom is -1.00 e. The normalized spacial score (nSPS) is 31.8. The predicted molar refractivity (Wildman–Crippen MR) is 57.9 cm³/mol. The van der Waals surface area contributed by atoms with Crippen LogP contribution in [0.4, 0.5) is 0 Å².